The maximum atomic E-state index is 12.1. The van der Waals surface area contributed by atoms with Crippen molar-refractivity contribution in [2.24, 2.45) is 0 Å². The fourth-order valence-electron chi connectivity index (χ4n) is 2.04. The molecule has 2 N–H and O–H groups in total. The van der Waals surface area contributed by atoms with Gasteiger partial charge in [0, 0.05) is 5.54 Å². The van der Waals surface area contributed by atoms with Gasteiger partial charge in [0.2, 0.25) is 0 Å². The number of carbonyl (C=O) groups excluding carboxylic acids is 1. The Hall–Kier alpha value is -1.82. The maximum absolute atomic E-state index is 12.1. The highest BCUT2D eigenvalue weighted by atomic mass is 16.4. The lowest BCUT2D eigenvalue weighted by Crippen LogP contribution is -2.44. The van der Waals surface area contributed by atoms with Crippen molar-refractivity contribution in [1.29, 1.82) is 0 Å². The highest BCUT2D eigenvalue weighted by Gasteiger charge is 2.25. The van der Waals surface area contributed by atoms with Crippen LogP contribution < -0.4 is 5.32 Å². The first-order valence-electron chi connectivity index (χ1n) is 7.12. The monoisotopic (exact) mass is 296 g/mol. The number of carboxylic acid groups (broad SMARTS) is 1. The van der Waals surface area contributed by atoms with Crippen LogP contribution in [0.2, 0.25) is 0 Å². The van der Waals surface area contributed by atoms with Gasteiger partial charge < -0.3 is 14.8 Å². The summed E-state index contributed by atoms with van der Waals surface area (Å²) in [4.78, 5) is 25.0. The van der Waals surface area contributed by atoms with E-state index in [9.17, 15) is 9.59 Å². The molecule has 0 aliphatic heterocycles. The fourth-order valence-corrected chi connectivity index (χ4v) is 2.04. The highest BCUT2D eigenvalue weighted by molar-refractivity contribution is 5.92. The summed E-state index contributed by atoms with van der Waals surface area (Å²) in [6.45, 7) is 9.92. The molecule has 0 saturated carbocycles. The standard InChI is InChI=1S/C15H24N2O4/c1-5-17(6-2)10-11-7-8-12(21-11)14(20)16-15(3,4)9-13(18)19/h7-8H,5-6,9-10H2,1-4H3,(H,16,20)(H,18,19). The molecule has 0 aliphatic carbocycles. The van der Waals surface area contributed by atoms with Crippen molar-refractivity contribution in [2.45, 2.75) is 46.2 Å². The van der Waals surface area contributed by atoms with Gasteiger partial charge in [-0.25, -0.2) is 0 Å². The zero-order chi connectivity index (χ0) is 16.0. The second-order valence-electron chi connectivity index (χ2n) is 5.64. The Kier molecular flexibility index (Phi) is 5.96. The zero-order valence-corrected chi connectivity index (χ0v) is 13.1. The van der Waals surface area contributed by atoms with Crippen molar-refractivity contribution in [2.75, 3.05) is 13.1 Å². The zero-order valence-electron chi connectivity index (χ0n) is 13.1. The molecule has 1 amide bonds. The van der Waals surface area contributed by atoms with Crippen molar-refractivity contribution in [1.82, 2.24) is 10.2 Å². The summed E-state index contributed by atoms with van der Waals surface area (Å²) < 4.78 is 5.53. The minimum absolute atomic E-state index is 0.147. The average Bonchev–Trinajstić information content (AvgIpc) is 2.82. The maximum Gasteiger partial charge on any atom is 0.305 e. The molecule has 0 aliphatic rings. The van der Waals surface area contributed by atoms with Crippen LogP contribution in [0.1, 0.15) is 50.4 Å². The minimum atomic E-state index is -0.957. The Labute approximate surface area is 125 Å². The number of carboxylic acids is 1. The number of hydrogen-bond donors (Lipinski definition) is 2. The molecule has 0 radical (unpaired) electrons. The van der Waals surface area contributed by atoms with E-state index in [1.54, 1.807) is 26.0 Å². The van der Waals surface area contributed by atoms with E-state index in [0.29, 0.717) is 6.54 Å². The average molecular weight is 296 g/mol. The minimum Gasteiger partial charge on any atom is -0.481 e. The van der Waals surface area contributed by atoms with Crippen LogP contribution in [-0.4, -0.2) is 40.5 Å². The molecule has 6 nitrogen and oxygen atoms in total. The molecule has 0 spiro atoms. The summed E-state index contributed by atoms with van der Waals surface area (Å²) in [6.07, 6.45) is -0.147. The molecule has 0 atom stereocenters. The van der Waals surface area contributed by atoms with Crippen molar-refractivity contribution in [3.8, 4) is 0 Å². The van der Waals surface area contributed by atoms with Crippen molar-refractivity contribution >= 4 is 11.9 Å². The van der Waals surface area contributed by atoms with Crippen LogP contribution in [0.5, 0.6) is 0 Å². The van der Waals surface area contributed by atoms with Gasteiger partial charge in [-0.2, -0.15) is 0 Å². The molecule has 0 unspecified atom stereocenters. The van der Waals surface area contributed by atoms with E-state index in [2.05, 4.69) is 24.1 Å². The van der Waals surface area contributed by atoms with Crippen molar-refractivity contribution in [3.63, 3.8) is 0 Å². The summed E-state index contributed by atoms with van der Waals surface area (Å²) in [5.74, 6) is -0.426. The molecule has 0 fully saturated rings. The molecule has 1 aromatic heterocycles. The third-order valence-electron chi connectivity index (χ3n) is 3.20. The first-order valence-corrected chi connectivity index (χ1v) is 7.12. The molecule has 0 saturated heterocycles. The number of furan rings is 1. The van der Waals surface area contributed by atoms with E-state index in [1.165, 1.54) is 0 Å². The van der Waals surface area contributed by atoms with Crippen molar-refractivity contribution < 1.29 is 19.1 Å². The molecule has 1 aromatic rings. The molecular formula is C15H24N2O4. The Balaban J connectivity index is 2.67. The van der Waals surface area contributed by atoms with Crippen LogP contribution in [0.15, 0.2) is 16.5 Å². The quantitative estimate of drug-likeness (QED) is 0.767. The van der Waals surface area contributed by atoms with Crippen LogP contribution in [0.4, 0.5) is 0 Å². The third-order valence-corrected chi connectivity index (χ3v) is 3.20. The summed E-state index contributed by atoms with van der Waals surface area (Å²) in [5, 5.41) is 11.5. The molecule has 0 aromatic carbocycles. The van der Waals surface area contributed by atoms with Crippen molar-refractivity contribution in [3.05, 3.63) is 23.7 Å². The van der Waals surface area contributed by atoms with Gasteiger partial charge in [0.05, 0.1) is 13.0 Å². The highest BCUT2D eigenvalue weighted by Crippen LogP contribution is 2.14. The summed E-state index contributed by atoms with van der Waals surface area (Å²) in [5.41, 5.74) is -0.825. The second-order valence-corrected chi connectivity index (χ2v) is 5.64. The Morgan fingerprint density at radius 1 is 1.29 bits per heavy atom. The summed E-state index contributed by atoms with van der Waals surface area (Å²) in [7, 11) is 0. The van der Waals surface area contributed by atoms with Gasteiger partial charge in [-0.15, -0.1) is 0 Å². The SMILES string of the molecule is CCN(CC)Cc1ccc(C(=O)NC(C)(C)CC(=O)O)o1. The number of rotatable bonds is 8. The van der Waals surface area contributed by atoms with Gasteiger partial charge in [-0.3, -0.25) is 14.5 Å². The van der Waals surface area contributed by atoms with Gasteiger partial charge >= 0.3 is 5.97 Å². The summed E-state index contributed by atoms with van der Waals surface area (Å²) >= 11 is 0. The van der Waals surface area contributed by atoms with E-state index in [-0.39, 0.29) is 12.2 Å². The topological polar surface area (TPSA) is 82.8 Å². The molecular weight excluding hydrogens is 272 g/mol. The summed E-state index contributed by atoms with van der Waals surface area (Å²) in [6, 6.07) is 3.39. The molecule has 118 valence electrons. The number of nitrogens with zero attached hydrogens (tertiary/aromatic N) is 1. The third kappa shape index (κ3) is 5.59. The smallest absolute Gasteiger partial charge is 0.305 e. The predicted octanol–water partition coefficient (Wildman–Crippen LogP) is 2.10. The normalized spacial score (nSPS) is 11.7. The molecule has 1 rings (SSSR count). The Morgan fingerprint density at radius 3 is 2.43 bits per heavy atom. The predicted molar refractivity (Wildman–Crippen MR) is 79.1 cm³/mol. The first kappa shape index (κ1) is 17.2. The van der Waals surface area contributed by atoms with Crippen LogP contribution in [0.3, 0.4) is 0 Å². The molecule has 6 heteroatoms. The van der Waals surface area contributed by atoms with E-state index in [1.807, 2.05) is 0 Å². The largest absolute Gasteiger partial charge is 0.481 e. The molecule has 1 heterocycles. The van der Waals surface area contributed by atoms with Crippen LogP contribution >= 0.6 is 0 Å². The fraction of sp³-hybridized carbons (Fsp3) is 0.600. The lowest BCUT2D eigenvalue weighted by Gasteiger charge is -2.23. The van der Waals surface area contributed by atoms with Gasteiger partial charge in [0.15, 0.2) is 5.76 Å². The van der Waals surface area contributed by atoms with Gasteiger partial charge in [0.25, 0.3) is 5.91 Å². The van der Waals surface area contributed by atoms with Gasteiger partial charge in [0.1, 0.15) is 5.76 Å². The molecule has 0 bridgehead atoms. The van der Waals surface area contributed by atoms with Gasteiger partial charge in [-0.05, 0) is 39.1 Å². The molecule has 21 heavy (non-hydrogen) atoms. The first-order chi connectivity index (χ1) is 9.77. The second kappa shape index (κ2) is 7.26. The Bertz CT molecular complexity index is 490. The van der Waals surface area contributed by atoms with Crippen LogP contribution in [-0.2, 0) is 11.3 Å². The van der Waals surface area contributed by atoms with E-state index >= 15 is 0 Å². The number of amides is 1. The van der Waals surface area contributed by atoms with E-state index < -0.39 is 17.4 Å². The lowest BCUT2D eigenvalue weighted by molar-refractivity contribution is -0.138. The number of carbonyl (C=O) groups is 2. The Morgan fingerprint density at radius 2 is 1.90 bits per heavy atom. The van der Waals surface area contributed by atoms with Crippen LogP contribution in [0, 0.1) is 0 Å². The van der Waals surface area contributed by atoms with Gasteiger partial charge in [-0.1, -0.05) is 13.8 Å². The van der Waals surface area contributed by atoms with E-state index in [4.69, 9.17) is 9.52 Å². The number of aliphatic carboxylic acids is 1. The lowest BCUT2D eigenvalue weighted by atomic mass is 10.0. The number of hydrogen-bond acceptors (Lipinski definition) is 4. The van der Waals surface area contributed by atoms with Crippen LogP contribution in [0.25, 0.3) is 0 Å². The number of nitrogens with one attached hydrogen (secondary N) is 1. The van der Waals surface area contributed by atoms with E-state index in [0.717, 1.165) is 18.8 Å².